The predicted molar refractivity (Wildman–Crippen MR) is 113 cm³/mol. The number of nitrogens with zero attached hydrogens (tertiary/aromatic N) is 2. The third-order valence-electron chi connectivity index (χ3n) is 4.74. The zero-order valence-electron chi connectivity index (χ0n) is 16.6. The first-order valence-electron chi connectivity index (χ1n) is 9.85. The topological polar surface area (TPSA) is 81.8 Å². The molecule has 0 atom stereocenters. The summed E-state index contributed by atoms with van der Waals surface area (Å²) in [5.74, 6) is -0.493. The van der Waals surface area contributed by atoms with Crippen LogP contribution < -0.4 is 20.4 Å². The largest absolute Gasteiger partial charge is 0.355 e. The van der Waals surface area contributed by atoms with E-state index in [0.717, 1.165) is 18.4 Å². The van der Waals surface area contributed by atoms with Gasteiger partial charge in [-0.25, -0.2) is 4.79 Å². The number of hydrogen-bond donors (Lipinski definition) is 2. The van der Waals surface area contributed by atoms with Gasteiger partial charge in [-0.2, -0.15) is 0 Å². The van der Waals surface area contributed by atoms with E-state index in [2.05, 4.69) is 10.6 Å². The maximum absolute atomic E-state index is 12.7. The third-order valence-corrected chi connectivity index (χ3v) is 4.74. The summed E-state index contributed by atoms with van der Waals surface area (Å²) in [7, 11) is 0. The molecule has 2 aromatic rings. The highest BCUT2D eigenvalue weighted by Crippen LogP contribution is 2.33. The van der Waals surface area contributed by atoms with Gasteiger partial charge in [0.1, 0.15) is 13.1 Å². The summed E-state index contributed by atoms with van der Waals surface area (Å²) in [5, 5.41) is 5.69. The molecule has 2 N–H and O–H groups in total. The van der Waals surface area contributed by atoms with Gasteiger partial charge in [0.15, 0.2) is 0 Å². The van der Waals surface area contributed by atoms with Gasteiger partial charge in [-0.05, 0) is 24.1 Å². The lowest BCUT2D eigenvalue weighted by Gasteiger charge is -2.35. The highest BCUT2D eigenvalue weighted by Gasteiger charge is 2.33. The lowest BCUT2D eigenvalue weighted by atomic mass is 10.1. The van der Waals surface area contributed by atoms with Gasteiger partial charge in [0, 0.05) is 13.1 Å². The van der Waals surface area contributed by atoms with Crippen molar-refractivity contribution in [2.24, 2.45) is 0 Å². The highest BCUT2D eigenvalue weighted by atomic mass is 16.2. The fraction of sp³-hybridized carbons (Fsp3) is 0.318. The Hall–Kier alpha value is -3.35. The molecule has 0 saturated carbocycles. The minimum absolute atomic E-state index is 0.0565. The smallest absolute Gasteiger partial charge is 0.322 e. The molecule has 0 bridgehead atoms. The molecule has 0 aromatic heterocycles. The number of carbonyl (C=O) groups excluding carboxylic acids is 3. The molecular formula is C22H26N4O3. The van der Waals surface area contributed by atoms with E-state index in [-0.39, 0.29) is 30.9 Å². The van der Waals surface area contributed by atoms with E-state index in [1.165, 1.54) is 9.80 Å². The number of unbranched alkanes of at least 4 members (excludes halogenated alkanes) is 1. The van der Waals surface area contributed by atoms with Gasteiger partial charge >= 0.3 is 6.03 Å². The van der Waals surface area contributed by atoms with Gasteiger partial charge < -0.3 is 10.6 Å². The number of urea groups is 1. The predicted octanol–water partition coefficient (Wildman–Crippen LogP) is 2.67. The Morgan fingerprint density at radius 3 is 2.38 bits per heavy atom. The molecule has 3 rings (SSSR count). The van der Waals surface area contributed by atoms with Gasteiger partial charge in [0.05, 0.1) is 11.4 Å². The van der Waals surface area contributed by atoms with E-state index >= 15 is 0 Å². The van der Waals surface area contributed by atoms with Crippen molar-refractivity contribution >= 4 is 29.2 Å². The number of benzene rings is 2. The van der Waals surface area contributed by atoms with Crippen LogP contribution in [0.15, 0.2) is 54.6 Å². The Labute approximate surface area is 170 Å². The van der Waals surface area contributed by atoms with Gasteiger partial charge in [0.25, 0.3) is 0 Å². The second kappa shape index (κ2) is 9.73. The van der Waals surface area contributed by atoms with Crippen molar-refractivity contribution < 1.29 is 14.4 Å². The quantitative estimate of drug-likeness (QED) is 0.709. The number of fused-ring (bicyclic) bond motifs is 1. The summed E-state index contributed by atoms with van der Waals surface area (Å²) in [4.78, 5) is 40.6. The van der Waals surface area contributed by atoms with E-state index in [4.69, 9.17) is 0 Å². The molecule has 7 nitrogen and oxygen atoms in total. The lowest BCUT2D eigenvalue weighted by molar-refractivity contribution is -0.123. The van der Waals surface area contributed by atoms with E-state index in [1.807, 2.05) is 43.3 Å². The molecule has 1 aliphatic heterocycles. The number of anilines is 2. The monoisotopic (exact) mass is 394 g/mol. The molecule has 0 radical (unpaired) electrons. The zero-order valence-corrected chi connectivity index (χ0v) is 16.6. The molecule has 0 aliphatic carbocycles. The first kappa shape index (κ1) is 20.4. The van der Waals surface area contributed by atoms with Crippen LogP contribution in [0.1, 0.15) is 25.3 Å². The summed E-state index contributed by atoms with van der Waals surface area (Å²) in [5.41, 5.74) is 2.14. The van der Waals surface area contributed by atoms with Crippen molar-refractivity contribution in [3.63, 3.8) is 0 Å². The average Bonchev–Trinajstić information content (AvgIpc) is 2.74. The molecule has 7 heteroatoms. The van der Waals surface area contributed by atoms with Gasteiger partial charge in [0.2, 0.25) is 11.8 Å². The minimum atomic E-state index is -0.346. The normalized spacial score (nSPS) is 13.1. The van der Waals surface area contributed by atoms with Crippen molar-refractivity contribution in [3.8, 4) is 0 Å². The summed E-state index contributed by atoms with van der Waals surface area (Å²) in [6.07, 6.45) is 1.88. The van der Waals surface area contributed by atoms with E-state index in [1.54, 1.807) is 18.2 Å². The molecule has 0 fully saturated rings. The van der Waals surface area contributed by atoms with Crippen LogP contribution in [0.4, 0.5) is 16.2 Å². The van der Waals surface area contributed by atoms with Crippen molar-refractivity contribution in [1.29, 1.82) is 0 Å². The van der Waals surface area contributed by atoms with Crippen LogP contribution in [0.5, 0.6) is 0 Å². The summed E-state index contributed by atoms with van der Waals surface area (Å²) >= 11 is 0. The summed E-state index contributed by atoms with van der Waals surface area (Å²) < 4.78 is 0. The molecule has 0 saturated heterocycles. The van der Waals surface area contributed by atoms with E-state index < -0.39 is 0 Å². The van der Waals surface area contributed by atoms with Crippen LogP contribution in [0.25, 0.3) is 0 Å². The SMILES string of the molecule is CCCCNC(=O)CN1C(=O)CN(C(=O)NCc2ccccc2)c2ccccc21. The van der Waals surface area contributed by atoms with Gasteiger partial charge in [-0.1, -0.05) is 55.8 Å². The second-order valence-corrected chi connectivity index (χ2v) is 6.90. The fourth-order valence-corrected chi connectivity index (χ4v) is 3.19. The van der Waals surface area contributed by atoms with Crippen molar-refractivity contribution in [2.75, 3.05) is 29.4 Å². The number of nitrogens with one attached hydrogen (secondary N) is 2. The highest BCUT2D eigenvalue weighted by molar-refractivity contribution is 6.12. The molecule has 152 valence electrons. The average molecular weight is 394 g/mol. The molecule has 4 amide bonds. The van der Waals surface area contributed by atoms with Crippen molar-refractivity contribution in [2.45, 2.75) is 26.3 Å². The lowest BCUT2D eigenvalue weighted by Crippen LogP contribution is -2.53. The molecule has 1 heterocycles. The zero-order chi connectivity index (χ0) is 20.6. The summed E-state index contributed by atoms with van der Waals surface area (Å²) in [6, 6.07) is 16.4. The van der Waals surface area contributed by atoms with Crippen LogP contribution in [0.2, 0.25) is 0 Å². The first-order valence-corrected chi connectivity index (χ1v) is 9.85. The standard InChI is InChI=1S/C22H26N4O3/c1-2-3-13-23-20(27)15-25-18-11-7-8-12-19(18)26(16-21(25)28)22(29)24-14-17-9-5-4-6-10-17/h4-12H,2-3,13-16H2,1H3,(H,23,27)(H,24,29). The number of hydrogen-bond acceptors (Lipinski definition) is 3. The van der Waals surface area contributed by atoms with Gasteiger partial charge in [-0.3, -0.25) is 19.4 Å². The number of carbonyl (C=O) groups is 3. The van der Waals surface area contributed by atoms with Crippen LogP contribution >= 0.6 is 0 Å². The molecule has 1 aliphatic rings. The van der Waals surface area contributed by atoms with Crippen LogP contribution in [-0.2, 0) is 16.1 Å². The number of amides is 4. The molecule has 29 heavy (non-hydrogen) atoms. The van der Waals surface area contributed by atoms with Crippen LogP contribution in [-0.4, -0.2) is 37.5 Å². The van der Waals surface area contributed by atoms with Crippen LogP contribution in [0, 0.1) is 0 Å². The Kier molecular flexibility index (Phi) is 6.84. The second-order valence-electron chi connectivity index (χ2n) is 6.90. The number of rotatable bonds is 7. The first-order chi connectivity index (χ1) is 14.1. The number of para-hydroxylation sites is 2. The molecule has 0 spiro atoms. The Morgan fingerprint density at radius 2 is 1.66 bits per heavy atom. The minimum Gasteiger partial charge on any atom is -0.355 e. The molecule has 2 aromatic carbocycles. The Bertz CT molecular complexity index is 869. The molecular weight excluding hydrogens is 368 g/mol. The third kappa shape index (κ3) is 5.13. The van der Waals surface area contributed by atoms with Crippen molar-refractivity contribution in [1.82, 2.24) is 10.6 Å². The van der Waals surface area contributed by atoms with Crippen molar-refractivity contribution in [3.05, 3.63) is 60.2 Å². The van der Waals surface area contributed by atoms with E-state index in [0.29, 0.717) is 24.5 Å². The van der Waals surface area contributed by atoms with E-state index in [9.17, 15) is 14.4 Å². The maximum atomic E-state index is 12.7. The Balaban J connectivity index is 1.71. The summed E-state index contributed by atoms with van der Waals surface area (Å²) in [6.45, 7) is 2.84. The fourth-order valence-electron chi connectivity index (χ4n) is 3.19. The Morgan fingerprint density at radius 1 is 0.966 bits per heavy atom. The molecule has 0 unspecified atom stereocenters. The maximum Gasteiger partial charge on any atom is 0.322 e. The van der Waals surface area contributed by atoms with Crippen LogP contribution in [0.3, 0.4) is 0 Å². The van der Waals surface area contributed by atoms with Gasteiger partial charge in [-0.15, -0.1) is 0 Å².